The molecule has 1 saturated heterocycles. The zero-order valence-electron chi connectivity index (χ0n) is 13.3. The van der Waals surface area contributed by atoms with Gasteiger partial charge < -0.3 is 24.4 Å². The first-order valence-corrected chi connectivity index (χ1v) is 7.05. The predicted octanol–water partition coefficient (Wildman–Crippen LogP) is -0.0311. The van der Waals surface area contributed by atoms with Gasteiger partial charge in [0.15, 0.2) is 6.29 Å². The molecule has 7 nitrogen and oxygen atoms in total. The molecule has 7 heteroatoms. The monoisotopic (exact) mass is 299 g/mol. The molecular formula is C14H25N3O4. The summed E-state index contributed by atoms with van der Waals surface area (Å²) >= 11 is 0. The number of carbonyl (C=O) groups excluding carboxylic acids is 1. The van der Waals surface area contributed by atoms with Crippen molar-refractivity contribution in [1.82, 2.24) is 10.2 Å². The molecule has 1 N–H and O–H groups in total. The van der Waals surface area contributed by atoms with E-state index in [4.69, 9.17) is 14.2 Å². The van der Waals surface area contributed by atoms with Gasteiger partial charge in [0.2, 0.25) is 5.91 Å². The third-order valence-corrected chi connectivity index (χ3v) is 4.01. The fraction of sp³-hybridized carbons (Fsp3) is 0.857. The minimum atomic E-state index is -0.633. The molecule has 4 atom stereocenters. The average Bonchev–Trinajstić information content (AvgIpc) is 2.88. The molecule has 120 valence electrons. The van der Waals surface area contributed by atoms with Gasteiger partial charge in [-0.2, -0.15) is 5.26 Å². The molecule has 1 heterocycles. The van der Waals surface area contributed by atoms with Crippen molar-refractivity contribution in [2.75, 3.05) is 34.9 Å². The molecule has 0 saturated carbocycles. The maximum atomic E-state index is 12.7. The van der Waals surface area contributed by atoms with Crippen molar-refractivity contribution >= 4 is 5.91 Å². The van der Waals surface area contributed by atoms with E-state index >= 15 is 0 Å². The molecule has 1 amide bonds. The maximum Gasteiger partial charge on any atom is 0.240 e. The van der Waals surface area contributed by atoms with Crippen molar-refractivity contribution in [3.63, 3.8) is 0 Å². The Morgan fingerprint density at radius 3 is 2.43 bits per heavy atom. The smallest absolute Gasteiger partial charge is 0.240 e. The molecule has 0 aliphatic carbocycles. The predicted molar refractivity (Wildman–Crippen MR) is 76.3 cm³/mol. The van der Waals surface area contributed by atoms with Crippen LogP contribution in [0.4, 0.5) is 0 Å². The van der Waals surface area contributed by atoms with E-state index in [1.54, 1.807) is 11.9 Å². The number of methoxy groups -OCH3 is 3. The summed E-state index contributed by atoms with van der Waals surface area (Å²) in [7, 11) is 6.31. The molecule has 1 aliphatic heterocycles. The van der Waals surface area contributed by atoms with Crippen molar-refractivity contribution in [1.29, 1.82) is 5.26 Å². The summed E-state index contributed by atoms with van der Waals surface area (Å²) < 4.78 is 16.1. The van der Waals surface area contributed by atoms with Gasteiger partial charge in [0.05, 0.1) is 24.1 Å². The second kappa shape index (κ2) is 8.29. The molecule has 0 radical (unpaired) electrons. The molecule has 21 heavy (non-hydrogen) atoms. The highest BCUT2D eigenvalue weighted by Gasteiger charge is 2.49. The SMILES string of the molecule is CCC(NC)C(=O)N1CC(C#N)C(OC)C1C(OC)OC. The summed E-state index contributed by atoms with van der Waals surface area (Å²) in [5.74, 6) is -0.463. The number of hydrogen-bond donors (Lipinski definition) is 1. The zero-order valence-corrected chi connectivity index (χ0v) is 13.3. The summed E-state index contributed by atoms with van der Waals surface area (Å²) in [6, 6.07) is 1.47. The lowest BCUT2D eigenvalue weighted by Crippen LogP contribution is -2.54. The topological polar surface area (TPSA) is 83.8 Å². The Hall–Kier alpha value is -1.20. The van der Waals surface area contributed by atoms with Crippen molar-refractivity contribution < 1.29 is 19.0 Å². The second-order valence-corrected chi connectivity index (χ2v) is 5.01. The molecule has 0 aromatic heterocycles. The number of nitrogens with one attached hydrogen (secondary N) is 1. The van der Waals surface area contributed by atoms with Gasteiger partial charge in [-0.25, -0.2) is 0 Å². The number of hydrogen-bond acceptors (Lipinski definition) is 6. The first kappa shape index (κ1) is 17.9. The number of amides is 1. The number of likely N-dealkylation sites (tertiary alicyclic amines) is 1. The highest BCUT2D eigenvalue weighted by Crippen LogP contribution is 2.30. The third kappa shape index (κ3) is 3.52. The Morgan fingerprint density at radius 2 is 2.05 bits per heavy atom. The Bertz CT molecular complexity index is 377. The molecule has 1 fully saturated rings. The van der Waals surface area contributed by atoms with Gasteiger partial charge in [0.25, 0.3) is 0 Å². The summed E-state index contributed by atoms with van der Waals surface area (Å²) in [6.07, 6.45) is -0.400. The molecule has 0 aromatic carbocycles. The van der Waals surface area contributed by atoms with E-state index in [1.165, 1.54) is 21.3 Å². The largest absolute Gasteiger partial charge is 0.378 e. The van der Waals surface area contributed by atoms with Gasteiger partial charge in [-0.1, -0.05) is 6.92 Å². The lowest BCUT2D eigenvalue weighted by molar-refractivity contribution is -0.171. The van der Waals surface area contributed by atoms with E-state index in [0.717, 1.165) is 0 Å². The van der Waals surface area contributed by atoms with Crippen molar-refractivity contribution in [3.05, 3.63) is 0 Å². The molecule has 0 aromatic rings. The molecule has 4 unspecified atom stereocenters. The van der Waals surface area contributed by atoms with Crippen LogP contribution in [0.1, 0.15) is 13.3 Å². The van der Waals surface area contributed by atoms with Crippen LogP contribution in [0, 0.1) is 17.2 Å². The van der Waals surface area contributed by atoms with Gasteiger partial charge in [0.1, 0.15) is 6.04 Å². The zero-order chi connectivity index (χ0) is 16.0. The minimum absolute atomic E-state index is 0.0658. The third-order valence-electron chi connectivity index (χ3n) is 4.01. The van der Waals surface area contributed by atoms with E-state index in [2.05, 4.69) is 11.4 Å². The molecule has 0 spiro atoms. The Kier molecular flexibility index (Phi) is 7.05. The summed E-state index contributed by atoms with van der Waals surface area (Å²) in [5.41, 5.74) is 0. The Morgan fingerprint density at radius 1 is 1.43 bits per heavy atom. The van der Waals surface area contributed by atoms with Gasteiger partial charge in [-0.15, -0.1) is 0 Å². The van der Waals surface area contributed by atoms with E-state index in [1.807, 2.05) is 6.92 Å². The van der Waals surface area contributed by atoms with E-state index in [0.29, 0.717) is 13.0 Å². The number of ether oxygens (including phenoxy) is 3. The number of carbonyl (C=O) groups is 1. The Balaban J connectivity index is 3.09. The van der Waals surface area contributed by atoms with Crippen LogP contribution >= 0.6 is 0 Å². The van der Waals surface area contributed by atoms with Gasteiger partial charge in [-0.05, 0) is 13.5 Å². The van der Waals surface area contributed by atoms with Crippen LogP contribution in [-0.4, -0.2) is 70.2 Å². The van der Waals surface area contributed by atoms with E-state index in [-0.39, 0.29) is 11.9 Å². The first-order chi connectivity index (χ1) is 10.1. The van der Waals surface area contributed by atoms with Crippen LogP contribution in [0.25, 0.3) is 0 Å². The highest BCUT2D eigenvalue weighted by atomic mass is 16.7. The van der Waals surface area contributed by atoms with Gasteiger partial charge in [0, 0.05) is 27.9 Å². The fourth-order valence-corrected chi connectivity index (χ4v) is 2.89. The molecule has 0 bridgehead atoms. The lowest BCUT2D eigenvalue weighted by atomic mass is 10.0. The number of rotatable bonds is 7. The average molecular weight is 299 g/mol. The minimum Gasteiger partial charge on any atom is -0.378 e. The number of nitriles is 1. The summed E-state index contributed by atoms with van der Waals surface area (Å²) in [4.78, 5) is 14.3. The molecule has 1 aliphatic rings. The van der Waals surface area contributed by atoms with Crippen molar-refractivity contribution in [2.24, 2.45) is 5.92 Å². The first-order valence-electron chi connectivity index (χ1n) is 7.05. The van der Waals surface area contributed by atoms with Gasteiger partial charge >= 0.3 is 0 Å². The summed E-state index contributed by atoms with van der Waals surface area (Å²) in [5, 5.41) is 12.3. The summed E-state index contributed by atoms with van der Waals surface area (Å²) in [6.45, 7) is 2.25. The lowest BCUT2D eigenvalue weighted by Gasteiger charge is -2.34. The fourth-order valence-electron chi connectivity index (χ4n) is 2.89. The van der Waals surface area contributed by atoms with Crippen molar-refractivity contribution in [2.45, 2.75) is 37.8 Å². The Labute approximate surface area is 126 Å². The van der Waals surface area contributed by atoms with Crippen LogP contribution < -0.4 is 5.32 Å². The molecular weight excluding hydrogens is 274 g/mol. The number of likely N-dealkylation sites (N-methyl/N-ethyl adjacent to an activating group) is 1. The maximum absolute atomic E-state index is 12.7. The normalized spacial score (nSPS) is 26.9. The van der Waals surface area contributed by atoms with Crippen molar-refractivity contribution in [3.8, 4) is 6.07 Å². The number of nitrogens with zero attached hydrogens (tertiary/aromatic N) is 2. The van der Waals surface area contributed by atoms with Crippen LogP contribution in [0.2, 0.25) is 0 Å². The highest BCUT2D eigenvalue weighted by molar-refractivity contribution is 5.82. The molecule has 1 rings (SSSR count). The van der Waals surface area contributed by atoms with E-state index < -0.39 is 24.4 Å². The van der Waals surface area contributed by atoms with Crippen LogP contribution in [0.5, 0.6) is 0 Å². The van der Waals surface area contributed by atoms with Crippen LogP contribution in [0.15, 0.2) is 0 Å². The standard InChI is InChI=1S/C14H25N3O4/c1-6-10(16-2)13(18)17-8-9(7-15)12(19-3)11(17)14(20-4)21-5/h9-12,14,16H,6,8H2,1-5H3. The quantitative estimate of drug-likeness (QED) is 0.665. The van der Waals surface area contributed by atoms with E-state index in [9.17, 15) is 10.1 Å². The van der Waals surface area contributed by atoms with Crippen LogP contribution in [-0.2, 0) is 19.0 Å². The van der Waals surface area contributed by atoms with Crippen LogP contribution in [0.3, 0.4) is 0 Å². The van der Waals surface area contributed by atoms with Gasteiger partial charge in [-0.3, -0.25) is 4.79 Å². The second-order valence-electron chi connectivity index (χ2n) is 5.01.